The second kappa shape index (κ2) is 15.3. The van der Waals surface area contributed by atoms with Gasteiger partial charge in [0.05, 0.1) is 37.8 Å². The number of para-hydroxylation sites is 1. The molecule has 3 aromatic carbocycles. The average Bonchev–Trinajstić information content (AvgIpc) is 3.49. The number of carbonyl (C=O) groups is 2. The molecule has 2 heterocycles. The Hall–Kier alpha value is -4.95. The number of ether oxygens (including phenoxy) is 3. The van der Waals surface area contributed by atoms with E-state index in [1.165, 1.54) is 13.2 Å². The van der Waals surface area contributed by atoms with E-state index >= 15 is 0 Å². The summed E-state index contributed by atoms with van der Waals surface area (Å²) < 4.78 is 49.4. The highest BCUT2D eigenvalue weighted by molar-refractivity contribution is 7.84. The standard InChI is InChI=1S/C34H38N4O9S/c1-4-45-33(41)20-28(24-11-14-30(44-3)26(19-24)21-37-17-15-32(40)47-48(37,42)43)27-12-13-29-34(23(27)2)35-36-38(29)16-7-8-18-46-31-10-6-5-9-25(31)22-39/h5-6,9-15,19,22,28,40H,4,7-8,16-18,20-21H2,1-3H3. The first-order chi connectivity index (χ1) is 23.1. The summed E-state index contributed by atoms with van der Waals surface area (Å²) in [5, 5.41) is 18.4. The lowest BCUT2D eigenvalue weighted by atomic mass is 9.84. The molecular weight excluding hydrogens is 640 g/mol. The summed E-state index contributed by atoms with van der Waals surface area (Å²) in [6.45, 7) is 4.81. The molecule has 1 aliphatic heterocycles. The Morgan fingerprint density at radius 2 is 1.94 bits per heavy atom. The van der Waals surface area contributed by atoms with E-state index < -0.39 is 22.2 Å². The molecule has 0 saturated carbocycles. The fourth-order valence-electron chi connectivity index (χ4n) is 5.71. The first kappa shape index (κ1) is 34.4. The Labute approximate surface area is 278 Å². The molecule has 0 spiro atoms. The molecule has 0 radical (unpaired) electrons. The molecule has 1 N–H and O–H groups in total. The van der Waals surface area contributed by atoms with Gasteiger partial charge in [-0.15, -0.1) is 5.10 Å². The number of fused-ring (bicyclic) bond motifs is 1. The molecule has 14 heteroatoms. The number of aromatic nitrogens is 3. The number of aldehydes is 1. The maximum Gasteiger partial charge on any atom is 0.388 e. The van der Waals surface area contributed by atoms with Crippen molar-refractivity contribution in [1.82, 2.24) is 19.3 Å². The van der Waals surface area contributed by atoms with E-state index in [2.05, 4.69) is 14.5 Å². The number of rotatable bonds is 15. The summed E-state index contributed by atoms with van der Waals surface area (Å²) in [6, 6.07) is 16.4. The lowest BCUT2D eigenvalue weighted by Gasteiger charge is -2.25. The van der Waals surface area contributed by atoms with Crippen molar-refractivity contribution in [2.75, 3.05) is 26.9 Å². The minimum absolute atomic E-state index is 0.0368. The molecule has 1 aliphatic rings. The summed E-state index contributed by atoms with van der Waals surface area (Å²) in [4.78, 5) is 24.1. The molecule has 0 aliphatic carbocycles. The summed E-state index contributed by atoms with van der Waals surface area (Å²) in [6.07, 6.45) is 3.59. The number of esters is 1. The third-order valence-corrected chi connectivity index (χ3v) is 9.42. The number of carbonyl (C=O) groups excluding carboxylic acids is 2. The Balaban J connectivity index is 1.38. The van der Waals surface area contributed by atoms with Crippen LogP contribution in [-0.4, -0.2) is 71.9 Å². The Morgan fingerprint density at radius 3 is 2.69 bits per heavy atom. The van der Waals surface area contributed by atoms with Crippen molar-refractivity contribution < 1.29 is 41.5 Å². The number of unbranched alkanes of at least 4 members (excludes halogenated alkanes) is 1. The van der Waals surface area contributed by atoms with Gasteiger partial charge in [0.2, 0.25) is 0 Å². The van der Waals surface area contributed by atoms with E-state index in [1.807, 2.05) is 41.9 Å². The molecule has 5 rings (SSSR count). The van der Waals surface area contributed by atoms with Crippen LogP contribution in [0.2, 0.25) is 0 Å². The smallest absolute Gasteiger partial charge is 0.388 e. The van der Waals surface area contributed by atoms with Gasteiger partial charge in [0, 0.05) is 37.2 Å². The molecular formula is C34H38N4O9S. The molecule has 13 nitrogen and oxygen atoms in total. The van der Waals surface area contributed by atoms with Gasteiger partial charge in [0.15, 0.2) is 6.29 Å². The van der Waals surface area contributed by atoms with E-state index in [4.69, 9.17) is 14.2 Å². The van der Waals surface area contributed by atoms with E-state index in [9.17, 15) is 23.1 Å². The van der Waals surface area contributed by atoms with Gasteiger partial charge in [0.25, 0.3) is 5.95 Å². The van der Waals surface area contributed by atoms with Crippen molar-refractivity contribution >= 4 is 33.6 Å². The third-order valence-electron chi connectivity index (χ3n) is 8.13. The third kappa shape index (κ3) is 7.77. The van der Waals surface area contributed by atoms with E-state index in [-0.39, 0.29) is 32.1 Å². The van der Waals surface area contributed by atoms with Gasteiger partial charge in [-0.3, -0.25) is 9.59 Å². The van der Waals surface area contributed by atoms with Gasteiger partial charge < -0.3 is 23.5 Å². The van der Waals surface area contributed by atoms with Crippen LogP contribution in [0.4, 0.5) is 0 Å². The summed E-state index contributed by atoms with van der Waals surface area (Å²) in [7, 11) is -2.73. The zero-order chi connectivity index (χ0) is 34.3. The van der Waals surface area contributed by atoms with Crippen LogP contribution >= 0.6 is 0 Å². The van der Waals surface area contributed by atoms with Crippen molar-refractivity contribution in [2.45, 2.75) is 52.1 Å². The Morgan fingerprint density at radius 1 is 1.12 bits per heavy atom. The fraction of sp³-hybridized carbons (Fsp3) is 0.353. The van der Waals surface area contributed by atoms with Gasteiger partial charge in [-0.1, -0.05) is 35.5 Å². The van der Waals surface area contributed by atoms with Crippen molar-refractivity contribution in [3.8, 4) is 11.5 Å². The summed E-state index contributed by atoms with van der Waals surface area (Å²) >= 11 is 0. The number of aliphatic hydroxyl groups is 1. The second-order valence-electron chi connectivity index (χ2n) is 11.2. The number of nitrogens with zero attached hydrogens (tertiary/aromatic N) is 4. The van der Waals surface area contributed by atoms with Crippen LogP contribution < -0.4 is 9.47 Å². The zero-order valence-corrected chi connectivity index (χ0v) is 27.8. The van der Waals surface area contributed by atoms with Crippen LogP contribution in [0.5, 0.6) is 11.5 Å². The summed E-state index contributed by atoms with van der Waals surface area (Å²) in [5.74, 6) is -0.487. The highest BCUT2D eigenvalue weighted by atomic mass is 32.2. The SMILES string of the molecule is CCOC(=O)CC(c1ccc(OC)c(CN2CC=C(O)OS2(=O)=O)c1)c1ccc2c(nnn2CCCCOc2ccccc2C=O)c1C. The molecule has 48 heavy (non-hydrogen) atoms. The van der Waals surface area contributed by atoms with Gasteiger partial charge in [-0.05, 0) is 67.6 Å². The Bertz CT molecular complexity index is 1920. The molecule has 1 aromatic heterocycles. The number of aliphatic hydroxyl groups excluding tert-OH is 1. The van der Waals surface area contributed by atoms with Crippen molar-refractivity contribution in [3.63, 3.8) is 0 Å². The average molecular weight is 679 g/mol. The van der Waals surface area contributed by atoms with Crippen LogP contribution in [-0.2, 0) is 37.1 Å². The predicted molar refractivity (Wildman–Crippen MR) is 176 cm³/mol. The van der Waals surface area contributed by atoms with Crippen molar-refractivity contribution in [1.29, 1.82) is 0 Å². The van der Waals surface area contributed by atoms with E-state index in [0.29, 0.717) is 41.3 Å². The molecule has 4 aromatic rings. The molecule has 254 valence electrons. The monoisotopic (exact) mass is 678 g/mol. The van der Waals surface area contributed by atoms with Crippen LogP contribution in [0.25, 0.3) is 11.0 Å². The zero-order valence-electron chi connectivity index (χ0n) is 27.0. The second-order valence-corrected chi connectivity index (χ2v) is 12.7. The first-order valence-corrected chi connectivity index (χ1v) is 16.9. The summed E-state index contributed by atoms with van der Waals surface area (Å²) in [5.41, 5.74) is 5.07. The Kier molecular flexibility index (Phi) is 11.0. The molecule has 1 unspecified atom stereocenters. The quantitative estimate of drug-likeness (QED) is 0.103. The molecule has 0 amide bonds. The maximum absolute atomic E-state index is 12.9. The van der Waals surface area contributed by atoms with Crippen LogP contribution in [0.3, 0.4) is 0 Å². The van der Waals surface area contributed by atoms with E-state index in [0.717, 1.165) is 45.6 Å². The van der Waals surface area contributed by atoms with Crippen LogP contribution in [0.15, 0.2) is 66.6 Å². The molecule has 0 bridgehead atoms. The van der Waals surface area contributed by atoms with Crippen molar-refractivity contribution in [2.24, 2.45) is 0 Å². The fourth-order valence-corrected chi connectivity index (χ4v) is 6.66. The topological polar surface area (TPSA) is 159 Å². The minimum atomic E-state index is -4.21. The normalized spacial score (nSPS) is 14.9. The minimum Gasteiger partial charge on any atom is -0.496 e. The lowest BCUT2D eigenvalue weighted by Crippen LogP contribution is -2.35. The predicted octanol–water partition coefficient (Wildman–Crippen LogP) is 4.98. The van der Waals surface area contributed by atoms with Crippen LogP contribution in [0, 0.1) is 6.92 Å². The van der Waals surface area contributed by atoms with Crippen LogP contribution in [0.1, 0.15) is 64.7 Å². The van der Waals surface area contributed by atoms with Crippen molar-refractivity contribution in [3.05, 3.63) is 94.4 Å². The number of hydrogen-bond acceptors (Lipinski definition) is 11. The highest BCUT2D eigenvalue weighted by Gasteiger charge is 2.30. The van der Waals surface area contributed by atoms with E-state index in [1.54, 1.807) is 31.2 Å². The lowest BCUT2D eigenvalue weighted by molar-refractivity contribution is -0.143. The number of aryl methyl sites for hydroxylation is 2. The van der Waals surface area contributed by atoms with Gasteiger partial charge in [0.1, 0.15) is 17.0 Å². The van der Waals surface area contributed by atoms with Gasteiger partial charge in [-0.2, -0.15) is 12.7 Å². The highest BCUT2D eigenvalue weighted by Crippen LogP contribution is 2.36. The van der Waals surface area contributed by atoms with Gasteiger partial charge >= 0.3 is 16.3 Å². The molecule has 0 fully saturated rings. The maximum atomic E-state index is 12.9. The molecule has 0 saturated heterocycles. The van der Waals surface area contributed by atoms with Gasteiger partial charge in [-0.25, -0.2) is 4.68 Å². The number of methoxy groups -OCH3 is 1. The first-order valence-electron chi connectivity index (χ1n) is 15.6. The number of hydrogen-bond donors (Lipinski definition) is 1. The largest absolute Gasteiger partial charge is 0.496 e. The number of benzene rings is 3. The molecule has 1 atom stereocenters.